The fraction of sp³-hybridized carbons (Fsp3) is 0.0455. The number of H-pyrrole nitrogens is 1. The topological polar surface area (TPSA) is 117 Å². The van der Waals surface area contributed by atoms with Crippen LogP contribution in [0.25, 0.3) is 10.3 Å². The van der Waals surface area contributed by atoms with Gasteiger partial charge in [-0.05, 0) is 29.8 Å². The Morgan fingerprint density at radius 2 is 1.94 bits per heavy atom. The third kappa shape index (κ3) is 3.36. The Labute approximate surface area is 188 Å². The number of benzene rings is 2. The lowest BCUT2D eigenvalue weighted by atomic mass is 9.84. The highest BCUT2D eigenvalue weighted by atomic mass is 79.9. The average molecular weight is 492 g/mol. The number of rotatable bonds is 3. The standard InChI is InChI=1S/C22H14BrN5O2S/c23-12-8-6-11(7-9-12)15-14(10-24)19(25)30-17-16(15)21(29)27-20-18(17)31-22(28-20)26-13-4-2-1-3-5-13/h1-9,15H,25H2,(H2,26,27,28,29)/t15-/m1/s1. The number of allylic oxidation sites excluding steroid dienone is 1. The fourth-order valence-corrected chi connectivity index (χ4v) is 4.78. The van der Waals surface area contributed by atoms with E-state index < -0.39 is 5.92 Å². The molecule has 1 aliphatic rings. The number of halogens is 1. The number of thiazole rings is 1. The summed E-state index contributed by atoms with van der Waals surface area (Å²) in [5.41, 5.74) is 8.33. The van der Waals surface area contributed by atoms with Crippen molar-refractivity contribution < 1.29 is 4.74 Å². The molecule has 4 aromatic rings. The van der Waals surface area contributed by atoms with E-state index >= 15 is 0 Å². The average Bonchev–Trinajstić information content (AvgIpc) is 3.16. The highest BCUT2D eigenvalue weighted by molar-refractivity contribution is 9.10. The molecule has 0 fully saturated rings. The molecule has 3 heterocycles. The van der Waals surface area contributed by atoms with Crippen LogP contribution in [0.2, 0.25) is 0 Å². The zero-order chi connectivity index (χ0) is 21.5. The first-order valence-electron chi connectivity index (χ1n) is 9.27. The van der Waals surface area contributed by atoms with Crippen LogP contribution in [-0.2, 0) is 0 Å². The summed E-state index contributed by atoms with van der Waals surface area (Å²) in [6, 6.07) is 19.1. The van der Waals surface area contributed by atoms with Crippen molar-refractivity contribution in [2.24, 2.45) is 5.73 Å². The van der Waals surface area contributed by atoms with Crippen LogP contribution in [0, 0.1) is 11.3 Å². The third-order valence-electron chi connectivity index (χ3n) is 4.96. The molecule has 4 N–H and O–H groups in total. The summed E-state index contributed by atoms with van der Waals surface area (Å²) in [6.45, 7) is 0. The highest BCUT2D eigenvalue weighted by Crippen LogP contribution is 2.45. The summed E-state index contributed by atoms with van der Waals surface area (Å²) < 4.78 is 7.36. The molecular weight excluding hydrogens is 478 g/mol. The van der Waals surface area contributed by atoms with E-state index in [1.165, 1.54) is 11.3 Å². The van der Waals surface area contributed by atoms with E-state index in [-0.39, 0.29) is 17.0 Å². The number of para-hydroxylation sites is 1. The molecule has 0 amide bonds. The Morgan fingerprint density at radius 3 is 2.65 bits per heavy atom. The number of nitrogens with two attached hydrogens (primary N) is 1. The fourth-order valence-electron chi connectivity index (χ4n) is 3.58. The number of fused-ring (bicyclic) bond motifs is 3. The van der Waals surface area contributed by atoms with E-state index in [4.69, 9.17) is 10.5 Å². The van der Waals surface area contributed by atoms with E-state index in [2.05, 4.69) is 37.3 Å². The van der Waals surface area contributed by atoms with Crippen LogP contribution in [0.5, 0.6) is 5.75 Å². The Kier molecular flexibility index (Phi) is 4.73. The monoisotopic (exact) mass is 491 g/mol. The number of hydrogen-bond acceptors (Lipinski definition) is 7. The van der Waals surface area contributed by atoms with Gasteiger partial charge >= 0.3 is 0 Å². The Balaban J connectivity index is 1.69. The summed E-state index contributed by atoms with van der Waals surface area (Å²) >= 11 is 4.75. The normalized spacial score (nSPS) is 15.3. The maximum absolute atomic E-state index is 13.1. The molecule has 1 aliphatic heterocycles. The van der Waals surface area contributed by atoms with Gasteiger partial charge in [-0.1, -0.05) is 57.6 Å². The Bertz CT molecular complexity index is 1440. The summed E-state index contributed by atoms with van der Waals surface area (Å²) in [6.07, 6.45) is 0. The third-order valence-corrected chi connectivity index (χ3v) is 6.46. The van der Waals surface area contributed by atoms with Gasteiger partial charge in [-0.15, -0.1) is 0 Å². The van der Waals surface area contributed by atoms with Gasteiger partial charge in [0.15, 0.2) is 16.5 Å². The van der Waals surface area contributed by atoms with E-state index in [1.54, 1.807) is 0 Å². The zero-order valence-electron chi connectivity index (χ0n) is 15.8. The predicted octanol–water partition coefficient (Wildman–Crippen LogP) is 4.71. The molecule has 1 atom stereocenters. The van der Waals surface area contributed by atoms with Gasteiger partial charge in [-0.2, -0.15) is 5.26 Å². The van der Waals surface area contributed by atoms with Crippen molar-refractivity contribution in [3.8, 4) is 11.8 Å². The predicted molar refractivity (Wildman–Crippen MR) is 123 cm³/mol. The molecule has 0 radical (unpaired) electrons. The van der Waals surface area contributed by atoms with Crippen molar-refractivity contribution in [1.82, 2.24) is 9.97 Å². The first kappa shape index (κ1) is 19.4. The van der Waals surface area contributed by atoms with E-state index in [1.807, 2.05) is 54.6 Å². The molecule has 0 saturated carbocycles. The minimum Gasteiger partial charge on any atom is -0.438 e. The first-order valence-corrected chi connectivity index (χ1v) is 10.9. The van der Waals surface area contributed by atoms with Gasteiger partial charge in [0.2, 0.25) is 5.88 Å². The SMILES string of the molecule is N#CC1=C(N)Oc2c(c(=O)[nH]c3nc(Nc4ccccc4)sc23)[C@@H]1c1ccc(Br)cc1. The molecule has 0 bridgehead atoms. The van der Waals surface area contributed by atoms with Crippen molar-refractivity contribution in [3.63, 3.8) is 0 Å². The Morgan fingerprint density at radius 1 is 1.19 bits per heavy atom. The smallest absolute Gasteiger partial charge is 0.257 e. The van der Waals surface area contributed by atoms with Gasteiger partial charge in [0.25, 0.3) is 5.56 Å². The maximum atomic E-state index is 13.1. The number of aromatic amines is 1. The van der Waals surface area contributed by atoms with Crippen molar-refractivity contribution >= 4 is 48.4 Å². The molecule has 2 aromatic carbocycles. The first-order chi connectivity index (χ1) is 15.0. The van der Waals surface area contributed by atoms with Gasteiger partial charge in [0.1, 0.15) is 16.3 Å². The number of nitrogens with zero attached hydrogens (tertiary/aromatic N) is 2. The van der Waals surface area contributed by atoms with Crippen LogP contribution in [0.1, 0.15) is 17.0 Å². The quantitative estimate of drug-likeness (QED) is 0.382. The summed E-state index contributed by atoms with van der Waals surface area (Å²) in [4.78, 5) is 20.4. The number of pyridine rings is 1. The molecule has 0 unspecified atom stereocenters. The molecule has 7 nitrogen and oxygen atoms in total. The van der Waals surface area contributed by atoms with Crippen molar-refractivity contribution in [3.05, 3.63) is 92.0 Å². The number of anilines is 2. The molecule has 152 valence electrons. The van der Waals surface area contributed by atoms with E-state index in [9.17, 15) is 10.1 Å². The number of ether oxygens (including phenoxy) is 1. The van der Waals surface area contributed by atoms with Crippen molar-refractivity contribution in [1.29, 1.82) is 5.26 Å². The number of hydrogen-bond donors (Lipinski definition) is 3. The molecule has 0 saturated heterocycles. The van der Waals surface area contributed by atoms with Crippen LogP contribution < -0.4 is 21.3 Å². The van der Waals surface area contributed by atoms with Gasteiger partial charge in [0.05, 0.1) is 11.5 Å². The second-order valence-corrected chi connectivity index (χ2v) is 8.78. The highest BCUT2D eigenvalue weighted by Gasteiger charge is 2.35. The largest absolute Gasteiger partial charge is 0.438 e. The van der Waals surface area contributed by atoms with E-state index in [0.29, 0.717) is 26.8 Å². The Hall–Kier alpha value is -3.61. The molecule has 31 heavy (non-hydrogen) atoms. The van der Waals surface area contributed by atoms with Crippen LogP contribution in [-0.4, -0.2) is 9.97 Å². The molecule has 0 aliphatic carbocycles. The second-order valence-electron chi connectivity index (χ2n) is 6.86. The van der Waals surface area contributed by atoms with Gasteiger partial charge < -0.3 is 20.8 Å². The molecule has 5 rings (SSSR count). The molecule has 2 aromatic heterocycles. The summed E-state index contributed by atoms with van der Waals surface area (Å²) in [5.74, 6) is -0.315. The minimum atomic E-state index is -0.636. The lowest BCUT2D eigenvalue weighted by Gasteiger charge is -2.25. The molecule has 0 spiro atoms. The maximum Gasteiger partial charge on any atom is 0.257 e. The van der Waals surface area contributed by atoms with Crippen molar-refractivity contribution in [2.45, 2.75) is 5.92 Å². The zero-order valence-corrected chi connectivity index (χ0v) is 18.3. The number of aromatic nitrogens is 2. The van der Waals surface area contributed by atoms with Crippen molar-refractivity contribution in [2.75, 3.05) is 5.32 Å². The van der Waals surface area contributed by atoms with Crippen LogP contribution >= 0.6 is 27.3 Å². The van der Waals surface area contributed by atoms with Crippen LogP contribution in [0.15, 0.2) is 75.3 Å². The lowest BCUT2D eigenvalue weighted by Crippen LogP contribution is -2.27. The minimum absolute atomic E-state index is 0.0132. The summed E-state index contributed by atoms with van der Waals surface area (Å²) in [5, 5.41) is 13.6. The van der Waals surface area contributed by atoms with E-state index in [0.717, 1.165) is 15.7 Å². The van der Waals surface area contributed by atoms with Crippen LogP contribution in [0.3, 0.4) is 0 Å². The lowest BCUT2D eigenvalue weighted by molar-refractivity contribution is 0.397. The van der Waals surface area contributed by atoms with Gasteiger partial charge in [-0.25, -0.2) is 4.98 Å². The molecular formula is C22H14BrN5O2S. The van der Waals surface area contributed by atoms with Gasteiger partial charge in [0, 0.05) is 10.2 Å². The number of nitrogens with one attached hydrogen (secondary N) is 2. The van der Waals surface area contributed by atoms with Crippen LogP contribution in [0.4, 0.5) is 10.8 Å². The molecule has 9 heteroatoms. The second kappa shape index (κ2) is 7.58. The summed E-state index contributed by atoms with van der Waals surface area (Å²) in [7, 11) is 0. The van der Waals surface area contributed by atoms with Gasteiger partial charge in [-0.3, -0.25) is 4.79 Å². The number of nitriles is 1.